The van der Waals surface area contributed by atoms with Crippen molar-refractivity contribution >= 4 is 22.4 Å². The largest absolute Gasteiger partial charge is 0.327 e. The number of hydrogen-bond acceptors (Lipinski definition) is 4. The molecule has 0 amide bonds. The Kier molecular flexibility index (Phi) is 5.58. The zero-order chi connectivity index (χ0) is 17.5. The highest BCUT2D eigenvalue weighted by Gasteiger charge is 2.39. The Labute approximate surface area is 153 Å². The van der Waals surface area contributed by atoms with Crippen molar-refractivity contribution in [3.05, 3.63) is 42.5 Å². The van der Waals surface area contributed by atoms with Crippen LogP contribution in [0.3, 0.4) is 0 Å². The number of nitrogens with zero attached hydrogens (tertiary/aromatic N) is 3. The molecule has 1 aliphatic heterocycles. The van der Waals surface area contributed by atoms with Crippen LogP contribution < -0.4 is 5.73 Å². The number of sulfonamides is 1. The van der Waals surface area contributed by atoms with Crippen LogP contribution in [0.5, 0.6) is 0 Å². The number of piperidine rings is 1. The summed E-state index contributed by atoms with van der Waals surface area (Å²) >= 11 is 0. The van der Waals surface area contributed by atoms with E-state index in [9.17, 15) is 12.8 Å². The van der Waals surface area contributed by atoms with Crippen molar-refractivity contribution in [1.82, 2.24) is 14.1 Å². The minimum Gasteiger partial charge on any atom is -0.327 e. The Balaban J connectivity index is 0.00000225. The zero-order valence-corrected chi connectivity index (χ0v) is 15.7. The van der Waals surface area contributed by atoms with Gasteiger partial charge in [0.1, 0.15) is 16.4 Å². The molecule has 6 nitrogen and oxygen atoms in total. The van der Waals surface area contributed by atoms with E-state index >= 15 is 0 Å². The van der Waals surface area contributed by atoms with Gasteiger partial charge in [0.05, 0.1) is 12.4 Å². The topological polar surface area (TPSA) is 81.2 Å². The molecule has 3 rings (SSSR count). The second-order valence-corrected chi connectivity index (χ2v) is 8.73. The maximum atomic E-state index is 13.8. The van der Waals surface area contributed by atoms with Crippen LogP contribution in [-0.4, -0.2) is 41.6 Å². The molecule has 1 fully saturated rings. The Bertz CT molecular complexity index is 853. The van der Waals surface area contributed by atoms with Crippen LogP contribution in [0.25, 0.3) is 5.69 Å². The summed E-state index contributed by atoms with van der Waals surface area (Å²) in [5.74, 6) is -0.463. The Morgan fingerprint density at radius 1 is 1.32 bits per heavy atom. The number of benzene rings is 1. The van der Waals surface area contributed by atoms with Gasteiger partial charge in [0.2, 0.25) is 10.0 Å². The van der Waals surface area contributed by atoms with Gasteiger partial charge in [-0.15, -0.1) is 12.4 Å². The predicted octanol–water partition coefficient (Wildman–Crippen LogP) is 2.18. The fourth-order valence-electron chi connectivity index (χ4n) is 2.89. The smallest absolute Gasteiger partial charge is 0.246 e. The first-order chi connectivity index (χ1) is 11.2. The lowest BCUT2D eigenvalue weighted by atomic mass is 9.81. The summed E-state index contributed by atoms with van der Waals surface area (Å²) < 4.78 is 42.2. The molecule has 1 atom stereocenters. The third-order valence-electron chi connectivity index (χ3n) is 4.57. The number of nitrogens with two attached hydrogens (primary N) is 1. The summed E-state index contributed by atoms with van der Waals surface area (Å²) in [6, 6.07) is 6.05. The van der Waals surface area contributed by atoms with Gasteiger partial charge in [-0.1, -0.05) is 26.0 Å². The maximum absolute atomic E-state index is 13.8. The summed E-state index contributed by atoms with van der Waals surface area (Å²) in [6.07, 6.45) is 3.20. The average molecular weight is 389 g/mol. The second kappa shape index (κ2) is 7.03. The Morgan fingerprint density at radius 3 is 2.64 bits per heavy atom. The quantitative estimate of drug-likeness (QED) is 0.873. The van der Waals surface area contributed by atoms with Gasteiger partial charge in [0.25, 0.3) is 0 Å². The molecule has 1 aromatic heterocycles. The van der Waals surface area contributed by atoms with E-state index in [0.29, 0.717) is 19.5 Å². The van der Waals surface area contributed by atoms with Crippen molar-refractivity contribution in [2.45, 2.75) is 31.2 Å². The van der Waals surface area contributed by atoms with Crippen molar-refractivity contribution in [2.24, 2.45) is 11.1 Å². The van der Waals surface area contributed by atoms with E-state index < -0.39 is 15.8 Å². The van der Waals surface area contributed by atoms with Crippen LogP contribution in [0.2, 0.25) is 0 Å². The number of rotatable bonds is 3. The minimum absolute atomic E-state index is 0. The molecule has 0 saturated carbocycles. The summed E-state index contributed by atoms with van der Waals surface area (Å²) in [7, 11) is -3.68. The lowest BCUT2D eigenvalue weighted by Gasteiger charge is -2.41. The molecule has 0 spiro atoms. The van der Waals surface area contributed by atoms with Crippen LogP contribution in [0, 0.1) is 11.2 Å². The third-order valence-corrected chi connectivity index (χ3v) is 6.37. The van der Waals surface area contributed by atoms with Crippen molar-refractivity contribution in [1.29, 1.82) is 0 Å². The lowest BCUT2D eigenvalue weighted by molar-refractivity contribution is 0.155. The Morgan fingerprint density at radius 2 is 2.00 bits per heavy atom. The molecule has 0 radical (unpaired) electrons. The van der Waals surface area contributed by atoms with E-state index in [1.54, 1.807) is 18.2 Å². The van der Waals surface area contributed by atoms with E-state index in [1.165, 1.54) is 27.4 Å². The van der Waals surface area contributed by atoms with Gasteiger partial charge in [-0.2, -0.15) is 9.40 Å². The van der Waals surface area contributed by atoms with E-state index in [2.05, 4.69) is 5.10 Å². The molecule has 1 saturated heterocycles. The highest BCUT2D eigenvalue weighted by molar-refractivity contribution is 7.89. The normalized spacial score (nSPS) is 20.9. The molecule has 1 aliphatic rings. The van der Waals surface area contributed by atoms with E-state index in [0.717, 1.165) is 0 Å². The van der Waals surface area contributed by atoms with Crippen LogP contribution in [-0.2, 0) is 10.0 Å². The molecule has 0 aliphatic carbocycles. The maximum Gasteiger partial charge on any atom is 0.246 e. The lowest BCUT2D eigenvalue weighted by Crippen LogP contribution is -2.53. The summed E-state index contributed by atoms with van der Waals surface area (Å²) in [4.78, 5) is 0.0528. The summed E-state index contributed by atoms with van der Waals surface area (Å²) in [5, 5.41) is 4.01. The van der Waals surface area contributed by atoms with E-state index in [-0.39, 0.29) is 34.4 Å². The molecular weight excluding hydrogens is 367 g/mol. The number of para-hydroxylation sites is 1. The molecule has 1 aromatic carbocycles. The standard InChI is InChI=1S/C16H21FN4O2S.ClH/c1-16(2)11-20(8-7-15(16)18)24(22,23)12-9-19-21(10-12)14-6-4-3-5-13(14)17;/h3-6,9-10,15H,7-8,11,18H2,1-2H3;1H. The molecule has 0 bridgehead atoms. The molecule has 1 unspecified atom stereocenters. The molecule has 2 aromatic rings. The number of halogens is 2. The first-order valence-electron chi connectivity index (χ1n) is 7.77. The first kappa shape index (κ1) is 19.8. The SMILES string of the molecule is CC1(C)CN(S(=O)(=O)c2cnn(-c3ccccc3F)c2)CCC1N.Cl. The van der Waals surface area contributed by atoms with E-state index in [1.807, 2.05) is 13.8 Å². The number of hydrogen-bond donors (Lipinski definition) is 1. The molecule has 9 heteroatoms. The highest BCUT2D eigenvalue weighted by atomic mass is 35.5. The van der Waals surface area contributed by atoms with Crippen molar-refractivity contribution < 1.29 is 12.8 Å². The van der Waals surface area contributed by atoms with Gasteiger partial charge in [-0.05, 0) is 24.0 Å². The summed E-state index contributed by atoms with van der Waals surface area (Å²) in [6.45, 7) is 4.64. The van der Waals surface area contributed by atoms with Crippen LogP contribution in [0.1, 0.15) is 20.3 Å². The van der Waals surface area contributed by atoms with Crippen LogP contribution in [0.4, 0.5) is 4.39 Å². The molecule has 138 valence electrons. The highest BCUT2D eigenvalue weighted by Crippen LogP contribution is 2.31. The monoisotopic (exact) mass is 388 g/mol. The van der Waals surface area contributed by atoms with E-state index in [4.69, 9.17) is 5.73 Å². The van der Waals surface area contributed by atoms with Gasteiger partial charge in [-0.25, -0.2) is 17.5 Å². The van der Waals surface area contributed by atoms with Gasteiger partial charge >= 0.3 is 0 Å². The Hall–Kier alpha value is -1.48. The molecular formula is C16H22ClFN4O2S. The van der Waals surface area contributed by atoms with Gasteiger partial charge < -0.3 is 5.73 Å². The molecule has 2 heterocycles. The minimum atomic E-state index is -3.68. The fourth-order valence-corrected chi connectivity index (χ4v) is 4.45. The predicted molar refractivity (Wildman–Crippen MR) is 95.9 cm³/mol. The zero-order valence-electron chi connectivity index (χ0n) is 14.1. The van der Waals surface area contributed by atoms with Crippen molar-refractivity contribution in [2.75, 3.05) is 13.1 Å². The van der Waals surface area contributed by atoms with Gasteiger partial charge in [0.15, 0.2) is 0 Å². The van der Waals surface area contributed by atoms with Crippen molar-refractivity contribution in [3.63, 3.8) is 0 Å². The molecule has 2 N–H and O–H groups in total. The second-order valence-electron chi connectivity index (χ2n) is 6.79. The van der Waals surface area contributed by atoms with Crippen LogP contribution in [0.15, 0.2) is 41.6 Å². The number of aromatic nitrogens is 2. The first-order valence-corrected chi connectivity index (χ1v) is 9.21. The van der Waals surface area contributed by atoms with Gasteiger partial charge in [-0.3, -0.25) is 0 Å². The van der Waals surface area contributed by atoms with Crippen LogP contribution >= 0.6 is 12.4 Å². The van der Waals surface area contributed by atoms with Crippen molar-refractivity contribution in [3.8, 4) is 5.69 Å². The fraction of sp³-hybridized carbons (Fsp3) is 0.438. The average Bonchev–Trinajstić information content (AvgIpc) is 3.00. The van der Waals surface area contributed by atoms with Gasteiger partial charge in [0, 0.05) is 19.1 Å². The molecule has 25 heavy (non-hydrogen) atoms. The third kappa shape index (κ3) is 3.72. The summed E-state index contributed by atoms with van der Waals surface area (Å²) in [5.41, 5.74) is 5.98.